The highest BCUT2D eigenvalue weighted by molar-refractivity contribution is 7.92. The van der Waals surface area contributed by atoms with Gasteiger partial charge >= 0.3 is 0 Å². The average Bonchev–Trinajstić information content (AvgIpc) is 2.78. The van der Waals surface area contributed by atoms with Crippen LogP contribution in [0.2, 0.25) is 0 Å². The summed E-state index contributed by atoms with van der Waals surface area (Å²) in [6.45, 7) is 1.48. The number of anilines is 1. The van der Waals surface area contributed by atoms with Crippen molar-refractivity contribution in [1.82, 2.24) is 5.32 Å². The van der Waals surface area contributed by atoms with Gasteiger partial charge in [0.15, 0.2) is 0 Å². The van der Waals surface area contributed by atoms with Crippen LogP contribution in [-0.4, -0.2) is 28.0 Å². The quantitative estimate of drug-likeness (QED) is 0.597. The van der Waals surface area contributed by atoms with Crippen LogP contribution in [0.3, 0.4) is 0 Å². The minimum atomic E-state index is -3.91. The molecule has 3 aromatic rings. The second kappa shape index (κ2) is 9.45. The molecule has 0 spiro atoms. The van der Waals surface area contributed by atoms with Crippen molar-refractivity contribution in [2.24, 2.45) is 0 Å². The highest BCUT2D eigenvalue weighted by atomic mass is 32.2. The van der Waals surface area contributed by atoms with Crippen LogP contribution >= 0.6 is 0 Å². The number of amides is 1. The highest BCUT2D eigenvalue weighted by Crippen LogP contribution is 2.25. The van der Waals surface area contributed by atoms with Crippen LogP contribution in [0.1, 0.15) is 18.5 Å². The zero-order valence-corrected chi connectivity index (χ0v) is 17.7. The lowest BCUT2D eigenvalue weighted by atomic mass is 10.1. The SMILES string of the molecule is COc1ccccc1[C@@H](C)NC(=O)CN(c1ccccc1)S(=O)(=O)c1ccccc1. The fourth-order valence-corrected chi connectivity index (χ4v) is 4.59. The Morgan fingerprint density at radius 2 is 1.50 bits per heavy atom. The van der Waals surface area contributed by atoms with Crippen molar-refractivity contribution in [2.75, 3.05) is 18.0 Å². The molecule has 0 saturated heterocycles. The third-order valence-corrected chi connectivity index (χ3v) is 6.43. The topological polar surface area (TPSA) is 75.7 Å². The first-order chi connectivity index (χ1) is 14.4. The molecule has 0 aliphatic carbocycles. The number of hydrogen-bond donors (Lipinski definition) is 1. The Labute approximate surface area is 177 Å². The number of benzene rings is 3. The maximum Gasteiger partial charge on any atom is 0.264 e. The maximum absolute atomic E-state index is 13.3. The van der Waals surface area contributed by atoms with Gasteiger partial charge in [0.1, 0.15) is 12.3 Å². The van der Waals surface area contributed by atoms with Crippen molar-refractivity contribution in [3.05, 3.63) is 90.5 Å². The lowest BCUT2D eigenvalue weighted by Gasteiger charge is -2.25. The molecule has 7 heteroatoms. The summed E-state index contributed by atoms with van der Waals surface area (Å²) in [6.07, 6.45) is 0. The first-order valence-corrected chi connectivity index (χ1v) is 10.9. The monoisotopic (exact) mass is 424 g/mol. The molecule has 0 aliphatic rings. The first kappa shape index (κ1) is 21.4. The molecular formula is C23H24N2O4S. The van der Waals surface area contributed by atoms with E-state index in [0.29, 0.717) is 11.4 Å². The zero-order chi connectivity index (χ0) is 21.6. The standard InChI is InChI=1S/C23H24N2O4S/c1-18(21-15-9-10-16-22(21)29-2)24-23(26)17-25(19-11-5-3-6-12-19)30(27,28)20-13-7-4-8-14-20/h3-16,18H,17H2,1-2H3,(H,24,26)/t18-/m1/s1. The van der Waals surface area contributed by atoms with Crippen molar-refractivity contribution >= 4 is 21.6 Å². The molecule has 0 fully saturated rings. The molecule has 0 radical (unpaired) electrons. The van der Waals surface area contributed by atoms with Gasteiger partial charge in [0, 0.05) is 5.56 Å². The number of carbonyl (C=O) groups is 1. The second-order valence-corrected chi connectivity index (χ2v) is 8.55. The van der Waals surface area contributed by atoms with Gasteiger partial charge in [0.25, 0.3) is 10.0 Å². The van der Waals surface area contributed by atoms with Crippen LogP contribution in [0.25, 0.3) is 0 Å². The van der Waals surface area contributed by atoms with Gasteiger partial charge in [0.2, 0.25) is 5.91 Å². The maximum atomic E-state index is 13.3. The van der Waals surface area contributed by atoms with Crippen LogP contribution in [0.4, 0.5) is 5.69 Å². The minimum Gasteiger partial charge on any atom is -0.496 e. The van der Waals surface area contributed by atoms with Crippen molar-refractivity contribution in [2.45, 2.75) is 17.9 Å². The fourth-order valence-electron chi connectivity index (χ4n) is 3.15. The Kier molecular flexibility index (Phi) is 6.74. The molecule has 0 heterocycles. The summed E-state index contributed by atoms with van der Waals surface area (Å²) in [5, 5.41) is 2.87. The van der Waals surface area contributed by atoms with Gasteiger partial charge < -0.3 is 10.1 Å². The number of carbonyl (C=O) groups excluding carboxylic acids is 1. The molecule has 3 rings (SSSR count). The van der Waals surface area contributed by atoms with Gasteiger partial charge in [-0.2, -0.15) is 0 Å². The van der Waals surface area contributed by atoms with Gasteiger partial charge in [-0.1, -0.05) is 54.6 Å². The molecule has 0 aliphatic heterocycles. The normalized spacial score (nSPS) is 12.1. The van der Waals surface area contributed by atoms with E-state index in [-0.39, 0.29) is 17.5 Å². The van der Waals surface area contributed by atoms with Gasteiger partial charge in [-0.3, -0.25) is 9.10 Å². The van der Waals surface area contributed by atoms with Gasteiger partial charge in [-0.25, -0.2) is 8.42 Å². The number of para-hydroxylation sites is 2. The summed E-state index contributed by atoms with van der Waals surface area (Å²) < 4.78 is 33.0. The van der Waals surface area contributed by atoms with E-state index in [1.54, 1.807) is 55.6 Å². The van der Waals surface area contributed by atoms with E-state index in [1.165, 1.54) is 12.1 Å². The lowest BCUT2D eigenvalue weighted by Crippen LogP contribution is -2.41. The molecule has 30 heavy (non-hydrogen) atoms. The Hall–Kier alpha value is -3.32. The van der Waals surface area contributed by atoms with E-state index in [0.717, 1.165) is 9.87 Å². The molecule has 0 unspecified atom stereocenters. The third kappa shape index (κ3) is 4.80. The summed E-state index contributed by atoms with van der Waals surface area (Å²) >= 11 is 0. The van der Waals surface area contributed by atoms with Crippen molar-refractivity contribution in [3.8, 4) is 5.75 Å². The molecule has 1 atom stereocenters. The van der Waals surface area contributed by atoms with Gasteiger partial charge in [-0.05, 0) is 37.3 Å². The molecule has 1 amide bonds. The van der Waals surface area contributed by atoms with Crippen LogP contribution in [-0.2, 0) is 14.8 Å². The predicted octanol–water partition coefficient (Wildman–Crippen LogP) is 3.77. The molecule has 0 bridgehead atoms. The Bertz CT molecular complexity index is 1090. The van der Waals surface area contributed by atoms with Crippen molar-refractivity contribution in [1.29, 1.82) is 0 Å². The predicted molar refractivity (Wildman–Crippen MR) is 117 cm³/mol. The molecule has 0 saturated carbocycles. The minimum absolute atomic E-state index is 0.124. The van der Waals surface area contributed by atoms with E-state index in [2.05, 4.69) is 5.32 Å². The smallest absolute Gasteiger partial charge is 0.264 e. The largest absolute Gasteiger partial charge is 0.496 e. The van der Waals surface area contributed by atoms with Crippen molar-refractivity contribution in [3.63, 3.8) is 0 Å². The average molecular weight is 425 g/mol. The first-order valence-electron chi connectivity index (χ1n) is 9.48. The van der Waals surface area contributed by atoms with Gasteiger partial charge in [0.05, 0.1) is 23.7 Å². The number of rotatable bonds is 8. The van der Waals surface area contributed by atoms with Crippen molar-refractivity contribution < 1.29 is 17.9 Å². The lowest BCUT2D eigenvalue weighted by molar-refractivity contribution is -0.120. The van der Waals surface area contributed by atoms with Crippen LogP contribution in [0, 0.1) is 0 Å². The van der Waals surface area contributed by atoms with Crippen LogP contribution < -0.4 is 14.4 Å². The Morgan fingerprint density at radius 1 is 0.933 bits per heavy atom. The number of sulfonamides is 1. The van der Waals surface area contributed by atoms with Crippen LogP contribution in [0.5, 0.6) is 5.75 Å². The summed E-state index contributed by atoms with van der Waals surface area (Å²) in [4.78, 5) is 13.0. The second-order valence-electron chi connectivity index (χ2n) is 6.69. The molecule has 6 nitrogen and oxygen atoms in total. The number of hydrogen-bond acceptors (Lipinski definition) is 4. The Morgan fingerprint density at radius 3 is 2.13 bits per heavy atom. The van der Waals surface area contributed by atoms with E-state index >= 15 is 0 Å². The summed E-state index contributed by atoms with van der Waals surface area (Å²) in [7, 11) is -2.35. The molecule has 1 N–H and O–H groups in total. The molecule has 3 aromatic carbocycles. The molecular weight excluding hydrogens is 400 g/mol. The number of nitrogens with zero attached hydrogens (tertiary/aromatic N) is 1. The Balaban J connectivity index is 1.86. The van der Waals surface area contributed by atoms with Crippen LogP contribution in [0.15, 0.2) is 89.8 Å². The molecule has 0 aromatic heterocycles. The zero-order valence-electron chi connectivity index (χ0n) is 16.9. The number of nitrogens with one attached hydrogen (secondary N) is 1. The summed E-state index contributed by atoms with van der Waals surface area (Å²) in [5.41, 5.74) is 1.23. The highest BCUT2D eigenvalue weighted by Gasteiger charge is 2.27. The molecule has 156 valence electrons. The number of ether oxygens (including phenoxy) is 1. The summed E-state index contributed by atoms with van der Waals surface area (Å²) in [6, 6.07) is 23.7. The third-order valence-electron chi connectivity index (χ3n) is 4.65. The fraction of sp³-hybridized carbons (Fsp3) is 0.174. The van der Waals surface area contributed by atoms with Gasteiger partial charge in [-0.15, -0.1) is 0 Å². The summed E-state index contributed by atoms with van der Waals surface area (Å²) in [5.74, 6) is 0.235. The van der Waals surface area contributed by atoms with E-state index < -0.39 is 15.9 Å². The van der Waals surface area contributed by atoms with E-state index in [9.17, 15) is 13.2 Å². The van der Waals surface area contributed by atoms with E-state index in [4.69, 9.17) is 4.74 Å². The number of methoxy groups -OCH3 is 1. The van der Waals surface area contributed by atoms with E-state index in [1.807, 2.05) is 31.2 Å².